The minimum Gasteiger partial charge on any atom is -0.376 e. The third-order valence-corrected chi connectivity index (χ3v) is 5.74. The van der Waals surface area contributed by atoms with Crippen LogP contribution in [0, 0.1) is 5.92 Å². The van der Waals surface area contributed by atoms with E-state index in [0.29, 0.717) is 12.6 Å². The second-order valence-corrected chi connectivity index (χ2v) is 8.73. The molecule has 1 aromatic rings. The van der Waals surface area contributed by atoms with Crippen molar-refractivity contribution in [3.63, 3.8) is 0 Å². The smallest absolute Gasteiger partial charge is 0.225 e. The number of likely N-dealkylation sites (tertiary alicyclic amines) is 1. The number of rotatable bonds is 6. The van der Waals surface area contributed by atoms with Gasteiger partial charge in [0.15, 0.2) is 5.96 Å². The fraction of sp³-hybridized carbons (Fsp3) is 0.652. The largest absolute Gasteiger partial charge is 0.376 e. The lowest BCUT2D eigenvalue weighted by Gasteiger charge is -2.31. The summed E-state index contributed by atoms with van der Waals surface area (Å²) in [5.74, 6) is 1.06. The van der Waals surface area contributed by atoms with Crippen molar-refractivity contribution in [3.05, 3.63) is 35.4 Å². The molecule has 2 aliphatic heterocycles. The summed E-state index contributed by atoms with van der Waals surface area (Å²) in [5, 5.41) is 6.89. The van der Waals surface area contributed by atoms with Crippen molar-refractivity contribution in [2.45, 2.75) is 52.4 Å². The molecule has 7 nitrogen and oxygen atoms in total. The summed E-state index contributed by atoms with van der Waals surface area (Å²) in [4.78, 5) is 21.0. The number of nitrogens with zero attached hydrogens (tertiary/aromatic N) is 3. The van der Waals surface area contributed by atoms with Gasteiger partial charge in [0.1, 0.15) is 0 Å². The number of nitrogens with one attached hydrogen (secondary N) is 2. The van der Waals surface area contributed by atoms with Crippen molar-refractivity contribution in [2.75, 3.05) is 39.8 Å². The minimum atomic E-state index is 0.0501. The van der Waals surface area contributed by atoms with Gasteiger partial charge >= 0.3 is 0 Å². The van der Waals surface area contributed by atoms with E-state index < -0.39 is 0 Å². The molecule has 2 fully saturated rings. The lowest BCUT2D eigenvalue weighted by molar-refractivity contribution is -0.133. The summed E-state index contributed by atoms with van der Waals surface area (Å²) in [6.45, 7) is 12.1. The molecule has 2 saturated heterocycles. The molecule has 7 heteroatoms. The second-order valence-electron chi connectivity index (χ2n) is 8.73. The van der Waals surface area contributed by atoms with Crippen molar-refractivity contribution in [2.24, 2.45) is 10.9 Å². The van der Waals surface area contributed by atoms with Crippen LogP contribution in [0.2, 0.25) is 0 Å². The first kappa shape index (κ1) is 22.6. The van der Waals surface area contributed by atoms with Crippen LogP contribution in [-0.4, -0.2) is 73.6 Å². The van der Waals surface area contributed by atoms with Crippen molar-refractivity contribution in [1.29, 1.82) is 0 Å². The van der Waals surface area contributed by atoms with E-state index >= 15 is 0 Å². The summed E-state index contributed by atoms with van der Waals surface area (Å²) in [7, 11) is 1.79. The van der Waals surface area contributed by atoms with E-state index in [4.69, 9.17) is 4.74 Å². The molecule has 0 saturated carbocycles. The first-order chi connectivity index (χ1) is 14.4. The molecule has 0 aliphatic carbocycles. The number of hydrogen-bond donors (Lipinski definition) is 2. The first-order valence-electron chi connectivity index (χ1n) is 11.1. The molecule has 30 heavy (non-hydrogen) atoms. The van der Waals surface area contributed by atoms with Gasteiger partial charge < -0.3 is 20.3 Å². The zero-order chi connectivity index (χ0) is 21.5. The van der Waals surface area contributed by atoms with Gasteiger partial charge in [0.25, 0.3) is 0 Å². The number of ether oxygens (including phenoxy) is 1. The zero-order valence-electron chi connectivity index (χ0n) is 18.9. The number of guanidine groups is 1. The molecule has 0 spiro atoms. The Bertz CT molecular complexity index is 736. The number of carbonyl (C=O) groups excluding carboxylic acids is 1. The van der Waals surface area contributed by atoms with E-state index in [1.165, 1.54) is 11.1 Å². The van der Waals surface area contributed by atoms with Crippen LogP contribution in [-0.2, 0) is 22.6 Å². The van der Waals surface area contributed by atoms with E-state index in [9.17, 15) is 4.79 Å². The van der Waals surface area contributed by atoms with Gasteiger partial charge in [0.2, 0.25) is 5.91 Å². The van der Waals surface area contributed by atoms with Gasteiger partial charge in [0, 0.05) is 58.3 Å². The minimum absolute atomic E-state index is 0.0501. The molecule has 0 aromatic heterocycles. The average molecular weight is 416 g/mol. The Morgan fingerprint density at radius 2 is 2.07 bits per heavy atom. The maximum atomic E-state index is 12.2. The molecule has 2 aliphatic rings. The molecule has 2 N–H and O–H groups in total. The molecular weight excluding hydrogens is 378 g/mol. The highest BCUT2D eigenvalue weighted by Crippen LogP contribution is 2.14. The summed E-state index contributed by atoms with van der Waals surface area (Å²) in [6.07, 6.45) is 1.26. The standard InChI is InChI=1S/C23H37N5O2/c1-17(2)22(29)28-9-8-21(16-28)26-23(24-4)25-13-19-6-5-7-20(12-19)15-27-10-11-30-18(3)14-27/h5-7,12,17-18,21H,8-11,13-16H2,1-4H3,(H2,24,25,26). The highest BCUT2D eigenvalue weighted by atomic mass is 16.5. The van der Waals surface area contributed by atoms with Crippen LogP contribution in [0.15, 0.2) is 29.3 Å². The van der Waals surface area contributed by atoms with Crippen LogP contribution in [0.4, 0.5) is 0 Å². The van der Waals surface area contributed by atoms with E-state index in [0.717, 1.165) is 51.7 Å². The third kappa shape index (κ3) is 6.44. The lowest BCUT2D eigenvalue weighted by atomic mass is 10.1. The highest BCUT2D eigenvalue weighted by molar-refractivity contribution is 5.81. The van der Waals surface area contributed by atoms with E-state index in [-0.39, 0.29) is 17.9 Å². The number of carbonyl (C=O) groups is 1. The molecule has 2 heterocycles. The maximum absolute atomic E-state index is 12.2. The fourth-order valence-electron chi connectivity index (χ4n) is 4.15. The third-order valence-electron chi connectivity index (χ3n) is 5.74. The molecule has 3 rings (SSSR count). The molecular formula is C23H37N5O2. The SMILES string of the molecule is CN=C(NCc1cccc(CN2CCOC(C)C2)c1)NC1CCN(C(=O)C(C)C)C1. The van der Waals surface area contributed by atoms with Gasteiger partial charge in [-0.3, -0.25) is 14.7 Å². The Balaban J connectivity index is 1.47. The van der Waals surface area contributed by atoms with Crippen LogP contribution < -0.4 is 10.6 Å². The van der Waals surface area contributed by atoms with Gasteiger partial charge in [-0.05, 0) is 24.5 Å². The Labute approximate surface area is 180 Å². The molecule has 2 atom stereocenters. The molecule has 0 bridgehead atoms. The van der Waals surface area contributed by atoms with Crippen molar-refractivity contribution in [1.82, 2.24) is 20.4 Å². The Morgan fingerprint density at radius 1 is 1.27 bits per heavy atom. The Morgan fingerprint density at radius 3 is 2.80 bits per heavy atom. The van der Waals surface area contributed by atoms with Crippen molar-refractivity contribution in [3.8, 4) is 0 Å². The highest BCUT2D eigenvalue weighted by Gasteiger charge is 2.28. The second kappa shape index (κ2) is 10.8. The molecule has 0 radical (unpaired) electrons. The number of amides is 1. The fourth-order valence-corrected chi connectivity index (χ4v) is 4.15. The summed E-state index contributed by atoms with van der Waals surface area (Å²) in [5.41, 5.74) is 2.56. The zero-order valence-corrected chi connectivity index (χ0v) is 18.9. The summed E-state index contributed by atoms with van der Waals surface area (Å²) < 4.78 is 5.64. The quantitative estimate of drug-likeness (QED) is 0.548. The predicted molar refractivity (Wildman–Crippen MR) is 120 cm³/mol. The summed E-state index contributed by atoms with van der Waals surface area (Å²) in [6, 6.07) is 8.96. The number of aliphatic imine (C=N–C) groups is 1. The topological polar surface area (TPSA) is 69.2 Å². The van der Waals surface area contributed by atoms with Crippen LogP contribution >= 0.6 is 0 Å². The number of benzene rings is 1. The van der Waals surface area contributed by atoms with Crippen LogP contribution in [0.5, 0.6) is 0 Å². The Hall–Kier alpha value is -2.12. The predicted octanol–water partition coefficient (Wildman–Crippen LogP) is 1.83. The Kier molecular flexibility index (Phi) is 8.10. The van der Waals surface area contributed by atoms with Gasteiger partial charge in [-0.1, -0.05) is 38.1 Å². The van der Waals surface area contributed by atoms with Gasteiger partial charge in [-0.25, -0.2) is 0 Å². The van der Waals surface area contributed by atoms with E-state index in [1.54, 1.807) is 7.05 Å². The number of hydrogen-bond acceptors (Lipinski definition) is 4. The average Bonchev–Trinajstić information content (AvgIpc) is 3.19. The first-order valence-corrected chi connectivity index (χ1v) is 11.1. The lowest BCUT2D eigenvalue weighted by Crippen LogP contribution is -2.45. The van der Waals surface area contributed by atoms with Crippen LogP contribution in [0.1, 0.15) is 38.3 Å². The van der Waals surface area contributed by atoms with Crippen LogP contribution in [0.25, 0.3) is 0 Å². The van der Waals surface area contributed by atoms with Gasteiger partial charge in [-0.15, -0.1) is 0 Å². The molecule has 1 aromatic carbocycles. The normalized spacial score (nSPS) is 23.1. The molecule has 2 unspecified atom stereocenters. The van der Waals surface area contributed by atoms with Crippen molar-refractivity contribution >= 4 is 11.9 Å². The maximum Gasteiger partial charge on any atom is 0.225 e. The van der Waals surface area contributed by atoms with Gasteiger partial charge in [-0.2, -0.15) is 0 Å². The van der Waals surface area contributed by atoms with E-state index in [1.807, 2.05) is 18.7 Å². The molecule has 166 valence electrons. The molecule has 1 amide bonds. The monoisotopic (exact) mass is 415 g/mol. The van der Waals surface area contributed by atoms with E-state index in [2.05, 4.69) is 51.7 Å². The van der Waals surface area contributed by atoms with Gasteiger partial charge in [0.05, 0.1) is 12.7 Å². The van der Waals surface area contributed by atoms with Crippen LogP contribution in [0.3, 0.4) is 0 Å². The number of morpholine rings is 1. The van der Waals surface area contributed by atoms with Crippen molar-refractivity contribution < 1.29 is 9.53 Å². The summed E-state index contributed by atoms with van der Waals surface area (Å²) >= 11 is 0.